The largest absolute Gasteiger partial charge is 0.377 e. The van der Waals surface area contributed by atoms with Gasteiger partial charge in [0.05, 0.1) is 5.92 Å². The van der Waals surface area contributed by atoms with E-state index in [0.717, 1.165) is 18.4 Å². The van der Waals surface area contributed by atoms with Crippen molar-refractivity contribution in [2.24, 2.45) is 5.92 Å². The van der Waals surface area contributed by atoms with E-state index in [4.69, 9.17) is 0 Å². The summed E-state index contributed by atoms with van der Waals surface area (Å²) in [7, 11) is 4.04. The minimum Gasteiger partial charge on any atom is -0.377 e. The molecule has 0 unspecified atom stereocenters. The van der Waals surface area contributed by atoms with Gasteiger partial charge in [0, 0.05) is 45.3 Å². The predicted octanol–water partition coefficient (Wildman–Crippen LogP) is 1.69. The van der Waals surface area contributed by atoms with Crippen LogP contribution in [0, 0.1) is 12.8 Å². The number of rotatable bonds is 5. The zero-order valence-electron chi connectivity index (χ0n) is 14.1. The van der Waals surface area contributed by atoms with Crippen LogP contribution in [0.2, 0.25) is 0 Å². The van der Waals surface area contributed by atoms with Crippen LogP contribution in [0.4, 0.5) is 5.69 Å². The molecule has 1 aromatic carbocycles. The third-order valence-corrected chi connectivity index (χ3v) is 4.73. The van der Waals surface area contributed by atoms with Crippen LogP contribution in [0.1, 0.15) is 30.4 Å². The highest BCUT2D eigenvalue weighted by Gasteiger charge is 2.41. The fourth-order valence-corrected chi connectivity index (χ4v) is 3.31. The third kappa shape index (κ3) is 3.49. The summed E-state index contributed by atoms with van der Waals surface area (Å²) in [5, 5.41) is 2.99. The summed E-state index contributed by atoms with van der Waals surface area (Å²) in [5.74, 6) is -0.0556. The molecule has 2 fully saturated rings. The fourth-order valence-electron chi connectivity index (χ4n) is 3.31. The molecule has 3 rings (SSSR count). The quantitative estimate of drug-likeness (QED) is 0.899. The van der Waals surface area contributed by atoms with Gasteiger partial charge in [0.15, 0.2) is 0 Å². The van der Waals surface area contributed by atoms with Crippen LogP contribution < -0.4 is 10.2 Å². The van der Waals surface area contributed by atoms with Crippen LogP contribution in [0.5, 0.6) is 0 Å². The molecular formula is C18H25N3O2. The average molecular weight is 315 g/mol. The Morgan fingerprint density at radius 2 is 2.09 bits per heavy atom. The zero-order chi connectivity index (χ0) is 16.6. The summed E-state index contributed by atoms with van der Waals surface area (Å²) < 4.78 is 0. The van der Waals surface area contributed by atoms with Gasteiger partial charge >= 0.3 is 0 Å². The molecule has 1 saturated carbocycles. The highest BCUT2D eigenvalue weighted by molar-refractivity contribution is 5.89. The van der Waals surface area contributed by atoms with E-state index in [1.54, 1.807) is 0 Å². The molecule has 5 nitrogen and oxygen atoms in total. The van der Waals surface area contributed by atoms with Gasteiger partial charge in [0.1, 0.15) is 0 Å². The first-order chi connectivity index (χ1) is 11.0. The van der Waals surface area contributed by atoms with Gasteiger partial charge in [-0.2, -0.15) is 0 Å². The van der Waals surface area contributed by atoms with Crippen LogP contribution in [0.3, 0.4) is 0 Å². The molecule has 1 N–H and O–H groups in total. The number of carbonyl (C=O) groups is 2. The number of nitrogens with zero attached hydrogens (tertiary/aromatic N) is 2. The van der Waals surface area contributed by atoms with Gasteiger partial charge in [-0.15, -0.1) is 0 Å². The Morgan fingerprint density at radius 1 is 1.35 bits per heavy atom. The average Bonchev–Trinajstić information content (AvgIpc) is 3.27. The van der Waals surface area contributed by atoms with Gasteiger partial charge in [-0.05, 0) is 37.0 Å². The van der Waals surface area contributed by atoms with Crippen molar-refractivity contribution in [3.05, 3.63) is 29.3 Å². The molecule has 124 valence electrons. The normalized spacial score (nSPS) is 20.7. The van der Waals surface area contributed by atoms with Crippen molar-refractivity contribution in [1.29, 1.82) is 0 Å². The Bertz CT molecular complexity index is 623. The lowest BCUT2D eigenvalue weighted by Crippen LogP contribution is -2.33. The molecule has 5 heteroatoms. The predicted molar refractivity (Wildman–Crippen MR) is 90.2 cm³/mol. The van der Waals surface area contributed by atoms with Crippen molar-refractivity contribution in [2.45, 2.75) is 38.8 Å². The van der Waals surface area contributed by atoms with E-state index in [1.807, 2.05) is 25.1 Å². The second-order valence-corrected chi connectivity index (χ2v) is 6.91. The Kier molecular flexibility index (Phi) is 4.28. The van der Waals surface area contributed by atoms with Gasteiger partial charge in [0.2, 0.25) is 11.8 Å². The lowest BCUT2D eigenvalue weighted by molar-refractivity contribution is -0.129. The number of carbonyl (C=O) groups excluding carboxylic acids is 2. The molecule has 1 aliphatic carbocycles. The maximum Gasteiger partial charge on any atom is 0.225 e. The van der Waals surface area contributed by atoms with E-state index in [2.05, 4.69) is 29.3 Å². The highest BCUT2D eigenvalue weighted by Crippen LogP contribution is 2.32. The molecule has 0 aromatic heterocycles. The highest BCUT2D eigenvalue weighted by atomic mass is 16.2. The molecular weight excluding hydrogens is 290 g/mol. The Labute approximate surface area is 137 Å². The van der Waals surface area contributed by atoms with E-state index in [1.165, 1.54) is 11.3 Å². The van der Waals surface area contributed by atoms with E-state index in [0.29, 0.717) is 25.6 Å². The molecule has 1 saturated heterocycles. The summed E-state index contributed by atoms with van der Waals surface area (Å²) in [5.41, 5.74) is 3.46. The van der Waals surface area contributed by atoms with Gasteiger partial charge in [-0.25, -0.2) is 0 Å². The number of nitrogens with one attached hydrogen (secondary N) is 1. The fraction of sp³-hybridized carbons (Fsp3) is 0.556. The van der Waals surface area contributed by atoms with E-state index < -0.39 is 0 Å². The van der Waals surface area contributed by atoms with Crippen LogP contribution >= 0.6 is 0 Å². The minimum absolute atomic E-state index is 0.00385. The number of aryl methyl sites for hydroxylation is 1. The van der Waals surface area contributed by atoms with Gasteiger partial charge < -0.3 is 15.1 Å². The Hall–Kier alpha value is -2.04. The second kappa shape index (κ2) is 6.22. The molecule has 2 amide bonds. The van der Waals surface area contributed by atoms with Crippen molar-refractivity contribution in [2.75, 3.05) is 25.5 Å². The van der Waals surface area contributed by atoms with E-state index in [-0.39, 0.29) is 17.7 Å². The monoisotopic (exact) mass is 315 g/mol. The number of amides is 2. The molecule has 1 heterocycles. The van der Waals surface area contributed by atoms with E-state index in [9.17, 15) is 9.59 Å². The first-order valence-corrected chi connectivity index (χ1v) is 8.29. The molecule has 1 atom stereocenters. The number of hydrogen-bond donors (Lipinski definition) is 1. The first-order valence-electron chi connectivity index (χ1n) is 8.29. The SMILES string of the molecule is Cc1cc(CNC(=O)[C@@H]2CC(=O)N(C3CC3)C2)ccc1N(C)C. The number of anilines is 1. The molecule has 1 aliphatic heterocycles. The minimum atomic E-state index is -0.190. The second-order valence-electron chi connectivity index (χ2n) is 6.91. The molecule has 2 aliphatic rings. The van der Waals surface area contributed by atoms with Crippen molar-refractivity contribution in [3.8, 4) is 0 Å². The third-order valence-electron chi connectivity index (χ3n) is 4.73. The van der Waals surface area contributed by atoms with Crippen molar-refractivity contribution < 1.29 is 9.59 Å². The summed E-state index contributed by atoms with van der Waals surface area (Å²) >= 11 is 0. The topological polar surface area (TPSA) is 52.7 Å². The van der Waals surface area contributed by atoms with Crippen molar-refractivity contribution in [3.63, 3.8) is 0 Å². The molecule has 0 radical (unpaired) electrons. The zero-order valence-corrected chi connectivity index (χ0v) is 14.1. The molecule has 1 aromatic rings. The lowest BCUT2D eigenvalue weighted by Gasteiger charge is -2.17. The van der Waals surface area contributed by atoms with Crippen LogP contribution in [-0.4, -0.2) is 43.4 Å². The van der Waals surface area contributed by atoms with Crippen LogP contribution in [0.25, 0.3) is 0 Å². The Morgan fingerprint density at radius 3 is 2.70 bits per heavy atom. The Balaban J connectivity index is 1.55. The smallest absolute Gasteiger partial charge is 0.225 e. The number of benzene rings is 1. The van der Waals surface area contributed by atoms with Crippen molar-refractivity contribution >= 4 is 17.5 Å². The van der Waals surface area contributed by atoms with Gasteiger partial charge in [-0.3, -0.25) is 9.59 Å². The summed E-state index contributed by atoms with van der Waals surface area (Å²) in [4.78, 5) is 28.2. The number of likely N-dealkylation sites (tertiary alicyclic amines) is 1. The first kappa shape index (κ1) is 15.8. The lowest BCUT2D eigenvalue weighted by atomic mass is 10.1. The van der Waals surface area contributed by atoms with Gasteiger partial charge in [-0.1, -0.05) is 12.1 Å². The molecule has 0 bridgehead atoms. The van der Waals surface area contributed by atoms with Crippen LogP contribution in [0.15, 0.2) is 18.2 Å². The number of hydrogen-bond acceptors (Lipinski definition) is 3. The summed E-state index contributed by atoms with van der Waals surface area (Å²) in [6.45, 7) is 3.18. The summed E-state index contributed by atoms with van der Waals surface area (Å²) in [6.07, 6.45) is 2.55. The summed E-state index contributed by atoms with van der Waals surface area (Å²) in [6, 6.07) is 6.62. The maximum absolute atomic E-state index is 12.3. The standard InChI is InChI=1S/C18H25N3O2/c1-12-8-13(4-7-16(12)20(2)3)10-19-18(23)14-9-17(22)21(11-14)15-5-6-15/h4,7-8,14-15H,5-6,9-11H2,1-3H3,(H,19,23)/t14-/m1/s1. The van der Waals surface area contributed by atoms with E-state index >= 15 is 0 Å². The maximum atomic E-state index is 12.3. The van der Waals surface area contributed by atoms with Crippen LogP contribution in [-0.2, 0) is 16.1 Å². The van der Waals surface area contributed by atoms with Crippen molar-refractivity contribution in [1.82, 2.24) is 10.2 Å². The molecule has 0 spiro atoms. The molecule has 23 heavy (non-hydrogen) atoms. The van der Waals surface area contributed by atoms with Gasteiger partial charge in [0.25, 0.3) is 0 Å².